The number of hydrogen-bond donors (Lipinski definition) is 0. The zero-order chi connectivity index (χ0) is 13.0. The molecule has 0 radical (unpaired) electrons. The largest absolute Gasteiger partial charge is 0.364 e. The lowest BCUT2D eigenvalue weighted by Crippen LogP contribution is -2.17. The van der Waals surface area contributed by atoms with E-state index < -0.39 is 0 Å². The number of anilines is 1. The van der Waals surface area contributed by atoms with Gasteiger partial charge in [-0.2, -0.15) is 0 Å². The minimum Gasteiger partial charge on any atom is -0.364 e. The van der Waals surface area contributed by atoms with E-state index in [4.69, 9.17) is 6.57 Å². The van der Waals surface area contributed by atoms with Crippen molar-refractivity contribution in [2.45, 2.75) is 13.5 Å². The molecule has 0 unspecified atom stereocenters. The maximum Gasteiger partial charge on any atom is 0.228 e. The van der Waals surface area contributed by atoms with Crippen LogP contribution >= 0.6 is 0 Å². The molecule has 0 aliphatic heterocycles. The van der Waals surface area contributed by atoms with E-state index in [1.54, 1.807) is 0 Å². The highest BCUT2D eigenvalue weighted by Crippen LogP contribution is 2.26. The summed E-state index contributed by atoms with van der Waals surface area (Å²) in [6, 6.07) is 13.9. The van der Waals surface area contributed by atoms with Crippen LogP contribution in [0.3, 0.4) is 0 Å². The Morgan fingerprint density at radius 1 is 1.17 bits per heavy atom. The fraction of sp³-hybridized carbons (Fsp3) is 0.200. The average Bonchev–Trinajstić information content (AvgIpc) is 2.40. The predicted octanol–water partition coefficient (Wildman–Crippen LogP) is 3.58. The van der Waals surface area contributed by atoms with Gasteiger partial charge in [0.05, 0.1) is 6.57 Å². The van der Waals surface area contributed by atoms with Crippen molar-refractivity contribution in [2.24, 2.45) is 0 Å². The van der Waals surface area contributed by atoms with Crippen molar-refractivity contribution in [3.63, 3.8) is 0 Å². The molecule has 0 amide bonds. The quantitative estimate of drug-likeness (QED) is 0.761. The maximum absolute atomic E-state index is 7.19. The van der Waals surface area contributed by atoms with E-state index in [-0.39, 0.29) is 0 Å². The third-order valence-electron chi connectivity index (χ3n) is 2.74. The molecule has 2 rings (SSSR count). The van der Waals surface area contributed by atoms with Gasteiger partial charge in [-0.1, -0.05) is 42.5 Å². The number of aryl methyl sites for hydroxylation is 1. The molecule has 0 aliphatic carbocycles. The smallest absolute Gasteiger partial charge is 0.228 e. The molecule has 0 spiro atoms. The van der Waals surface area contributed by atoms with Gasteiger partial charge in [-0.15, -0.1) is 0 Å². The topological polar surface area (TPSA) is 20.5 Å². The van der Waals surface area contributed by atoms with Crippen molar-refractivity contribution in [1.29, 1.82) is 0 Å². The summed E-state index contributed by atoms with van der Waals surface area (Å²) in [7, 11) is 1.96. The normalized spacial score (nSPS) is 9.83. The van der Waals surface area contributed by atoms with Crippen LogP contribution in [0.2, 0.25) is 0 Å². The summed E-state index contributed by atoms with van der Waals surface area (Å²) in [4.78, 5) is 9.98. The highest BCUT2D eigenvalue weighted by Gasteiger charge is 2.09. The first-order valence-corrected chi connectivity index (χ1v) is 5.81. The molecular formula is C15H15N3. The van der Waals surface area contributed by atoms with Gasteiger partial charge in [-0.25, -0.2) is 9.83 Å². The molecule has 90 valence electrons. The number of rotatable bonds is 3. The zero-order valence-electron chi connectivity index (χ0n) is 10.6. The van der Waals surface area contributed by atoms with Gasteiger partial charge in [0.15, 0.2) is 0 Å². The van der Waals surface area contributed by atoms with E-state index in [9.17, 15) is 0 Å². The van der Waals surface area contributed by atoms with Crippen LogP contribution in [0, 0.1) is 13.5 Å². The standard InChI is InChI=1S/C15H15N3/c1-12-9-10-14(16-2)15(17-12)18(3)11-13-7-5-4-6-8-13/h4-10H,11H2,1,3H3. The molecule has 0 bridgehead atoms. The zero-order valence-corrected chi connectivity index (χ0v) is 10.6. The first-order valence-electron chi connectivity index (χ1n) is 5.81. The van der Waals surface area contributed by atoms with Gasteiger partial charge in [0, 0.05) is 19.3 Å². The fourth-order valence-corrected chi connectivity index (χ4v) is 1.84. The first-order chi connectivity index (χ1) is 8.70. The molecule has 2 aromatic rings. The lowest BCUT2D eigenvalue weighted by Gasteiger charge is -2.20. The highest BCUT2D eigenvalue weighted by molar-refractivity contribution is 5.66. The van der Waals surface area contributed by atoms with E-state index in [1.807, 2.05) is 49.2 Å². The summed E-state index contributed by atoms with van der Waals surface area (Å²) in [5, 5.41) is 0. The third kappa shape index (κ3) is 2.67. The van der Waals surface area contributed by atoms with Crippen molar-refractivity contribution in [2.75, 3.05) is 11.9 Å². The highest BCUT2D eigenvalue weighted by atomic mass is 15.2. The second-order valence-corrected chi connectivity index (χ2v) is 4.25. The molecular weight excluding hydrogens is 222 g/mol. The Balaban J connectivity index is 2.26. The molecule has 0 fully saturated rings. The molecule has 0 N–H and O–H groups in total. The molecule has 3 heteroatoms. The van der Waals surface area contributed by atoms with Gasteiger partial charge in [-0.3, -0.25) is 0 Å². The molecule has 3 nitrogen and oxygen atoms in total. The third-order valence-corrected chi connectivity index (χ3v) is 2.74. The SMILES string of the molecule is [C-]#[N+]c1ccc(C)nc1N(C)Cc1ccccc1. The molecule has 0 aliphatic rings. The number of aromatic nitrogens is 1. The van der Waals surface area contributed by atoms with E-state index in [1.165, 1.54) is 5.56 Å². The Morgan fingerprint density at radius 3 is 2.56 bits per heavy atom. The predicted molar refractivity (Wildman–Crippen MR) is 73.8 cm³/mol. The van der Waals surface area contributed by atoms with Crippen LogP contribution in [0.15, 0.2) is 42.5 Å². The van der Waals surface area contributed by atoms with E-state index in [0.717, 1.165) is 18.1 Å². The molecule has 0 atom stereocenters. The van der Waals surface area contributed by atoms with E-state index in [2.05, 4.69) is 22.0 Å². The Bertz CT molecular complexity index is 570. The summed E-state index contributed by atoms with van der Waals surface area (Å²) < 4.78 is 0. The number of pyridine rings is 1. The van der Waals surface area contributed by atoms with Gasteiger partial charge >= 0.3 is 0 Å². The van der Waals surface area contributed by atoms with Crippen LogP contribution in [-0.4, -0.2) is 12.0 Å². The van der Waals surface area contributed by atoms with Gasteiger partial charge in [0.2, 0.25) is 5.69 Å². The van der Waals surface area contributed by atoms with Crippen LogP contribution in [-0.2, 0) is 6.54 Å². The van der Waals surface area contributed by atoms with Gasteiger partial charge in [-0.05, 0) is 12.5 Å². The first kappa shape index (κ1) is 12.1. The summed E-state index contributed by atoms with van der Waals surface area (Å²) in [5.41, 5.74) is 2.73. The van der Waals surface area contributed by atoms with Crippen LogP contribution in [0.5, 0.6) is 0 Å². The Kier molecular flexibility index (Phi) is 3.59. The summed E-state index contributed by atoms with van der Waals surface area (Å²) in [6.45, 7) is 9.87. The van der Waals surface area contributed by atoms with Crippen molar-refractivity contribution in [3.8, 4) is 0 Å². The Morgan fingerprint density at radius 2 is 1.89 bits per heavy atom. The van der Waals surface area contributed by atoms with Crippen molar-refractivity contribution in [1.82, 2.24) is 4.98 Å². The number of benzene rings is 1. The average molecular weight is 237 g/mol. The number of hydrogen-bond acceptors (Lipinski definition) is 2. The van der Waals surface area contributed by atoms with E-state index in [0.29, 0.717) is 5.69 Å². The molecule has 0 saturated heterocycles. The lowest BCUT2D eigenvalue weighted by atomic mass is 10.2. The van der Waals surface area contributed by atoms with Gasteiger partial charge < -0.3 is 4.90 Å². The Labute approximate surface area is 108 Å². The second-order valence-electron chi connectivity index (χ2n) is 4.25. The van der Waals surface area contributed by atoms with Crippen molar-refractivity contribution < 1.29 is 0 Å². The van der Waals surface area contributed by atoms with Crippen molar-refractivity contribution >= 4 is 11.5 Å². The molecule has 1 aromatic carbocycles. The minimum atomic E-state index is 0.596. The van der Waals surface area contributed by atoms with Crippen LogP contribution in [0.1, 0.15) is 11.3 Å². The van der Waals surface area contributed by atoms with E-state index >= 15 is 0 Å². The Hall–Kier alpha value is -2.34. The van der Waals surface area contributed by atoms with Crippen LogP contribution < -0.4 is 4.90 Å². The minimum absolute atomic E-state index is 0.596. The second kappa shape index (κ2) is 5.33. The monoisotopic (exact) mass is 237 g/mol. The summed E-state index contributed by atoms with van der Waals surface area (Å²) in [5.74, 6) is 0.744. The molecule has 1 aromatic heterocycles. The van der Waals surface area contributed by atoms with Crippen molar-refractivity contribution in [3.05, 3.63) is 65.1 Å². The van der Waals surface area contributed by atoms with Gasteiger partial charge in [0.1, 0.15) is 5.82 Å². The van der Waals surface area contributed by atoms with Gasteiger partial charge in [0.25, 0.3) is 0 Å². The fourth-order valence-electron chi connectivity index (χ4n) is 1.84. The summed E-state index contributed by atoms with van der Waals surface area (Å²) >= 11 is 0. The number of nitrogens with zero attached hydrogens (tertiary/aromatic N) is 3. The van der Waals surface area contributed by atoms with Crippen LogP contribution in [0.4, 0.5) is 11.5 Å². The molecule has 18 heavy (non-hydrogen) atoms. The summed E-state index contributed by atoms with van der Waals surface area (Å²) in [6.07, 6.45) is 0. The molecule has 0 saturated carbocycles. The lowest BCUT2D eigenvalue weighted by molar-refractivity contribution is 0.895. The maximum atomic E-state index is 7.19. The van der Waals surface area contributed by atoms with Crippen LogP contribution in [0.25, 0.3) is 4.85 Å². The molecule has 1 heterocycles.